The Balaban J connectivity index is 2.15. The van der Waals surface area contributed by atoms with Crippen LogP contribution in [0.15, 0.2) is 42.5 Å². The van der Waals surface area contributed by atoms with Crippen molar-refractivity contribution < 1.29 is 22.7 Å². The number of amides is 1. The fourth-order valence-electron chi connectivity index (χ4n) is 3.41. The van der Waals surface area contributed by atoms with E-state index in [1.165, 1.54) is 13.2 Å². The molecule has 2 rings (SSSR count). The fourth-order valence-corrected chi connectivity index (χ4v) is 4.79. The van der Waals surface area contributed by atoms with E-state index in [9.17, 15) is 13.2 Å². The number of hydrogen-bond acceptors (Lipinski definition) is 5. The molecule has 0 unspecified atom stereocenters. The minimum absolute atomic E-state index is 0.214. The minimum atomic E-state index is -3.81. The number of rotatable bonds is 11. The van der Waals surface area contributed by atoms with Crippen molar-refractivity contribution in [3.05, 3.63) is 53.1 Å². The summed E-state index contributed by atoms with van der Waals surface area (Å²) in [5, 5.41) is 3.12. The smallest absolute Gasteiger partial charge is 0.244 e. The van der Waals surface area contributed by atoms with Gasteiger partial charge in [-0.25, -0.2) is 8.42 Å². The SMILES string of the molecule is CC[C@H](C(=O)NCCOc1ccccc1C(C)C)N(c1cc(Cl)ccc1OC)S(C)(=O)=O. The zero-order valence-corrected chi connectivity index (χ0v) is 20.7. The van der Waals surface area contributed by atoms with E-state index in [1.54, 1.807) is 19.1 Å². The first-order valence-corrected chi connectivity index (χ1v) is 12.6. The third-order valence-electron chi connectivity index (χ3n) is 4.91. The van der Waals surface area contributed by atoms with Crippen molar-refractivity contribution in [1.29, 1.82) is 0 Å². The number of nitrogens with zero attached hydrogens (tertiary/aromatic N) is 1. The van der Waals surface area contributed by atoms with Gasteiger partial charge in [0, 0.05) is 5.02 Å². The van der Waals surface area contributed by atoms with Gasteiger partial charge in [-0.05, 0) is 42.2 Å². The Hall–Kier alpha value is -2.45. The number of ether oxygens (including phenoxy) is 2. The summed E-state index contributed by atoms with van der Waals surface area (Å²) in [6, 6.07) is 11.4. The van der Waals surface area contributed by atoms with Gasteiger partial charge in [-0.1, -0.05) is 50.6 Å². The third-order valence-corrected chi connectivity index (χ3v) is 6.31. The summed E-state index contributed by atoms with van der Waals surface area (Å²) in [7, 11) is -2.38. The second kappa shape index (κ2) is 11.4. The van der Waals surface area contributed by atoms with Crippen molar-refractivity contribution in [2.75, 3.05) is 30.8 Å². The minimum Gasteiger partial charge on any atom is -0.495 e. The molecule has 0 heterocycles. The summed E-state index contributed by atoms with van der Waals surface area (Å²) in [4.78, 5) is 13.0. The highest BCUT2D eigenvalue weighted by Crippen LogP contribution is 2.34. The number of halogens is 1. The Kier molecular flexibility index (Phi) is 9.21. The van der Waals surface area contributed by atoms with E-state index in [-0.39, 0.29) is 25.3 Å². The molecule has 0 radical (unpaired) electrons. The van der Waals surface area contributed by atoms with Gasteiger partial charge in [-0.3, -0.25) is 9.10 Å². The first kappa shape index (κ1) is 25.8. The predicted octanol–water partition coefficient (Wildman–Crippen LogP) is 4.21. The highest BCUT2D eigenvalue weighted by atomic mass is 35.5. The van der Waals surface area contributed by atoms with E-state index < -0.39 is 22.0 Å². The molecule has 0 spiro atoms. The van der Waals surface area contributed by atoms with Crippen LogP contribution in [-0.4, -0.2) is 46.9 Å². The first-order chi connectivity index (χ1) is 15.1. The van der Waals surface area contributed by atoms with Gasteiger partial charge in [0.1, 0.15) is 24.1 Å². The van der Waals surface area contributed by atoms with Crippen LogP contribution in [0.4, 0.5) is 5.69 Å². The van der Waals surface area contributed by atoms with Crippen LogP contribution in [0.25, 0.3) is 0 Å². The maximum Gasteiger partial charge on any atom is 0.244 e. The van der Waals surface area contributed by atoms with Gasteiger partial charge in [-0.2, -0.15) is 0 Å². The number of carbonyl (C=O) groups excluding carboxylic acids is 1. The summed E-state index contributed by atoms with van der Waals surface area (Å²) in [5.74, 6) is 0.951. The molecule has 176 valence electrons. The fraction of sp³-hybridized carbons (Fsp3) is 0.435. The number of para-hydroxylation sites is 1. The van der Waals surface area contributed by atoms with Gasteiger partial charge in [0.15, 0.2) is 0 Å². The average Bonchev–Trinajstić information content (AvgIpc) is 2.74. The second-order valence-electron chi connectivity index (χ2n) is 7.63. The lowest BCUT2D eigenvalue weighted by Crippen LogP contribution is -2.50. The summed E-state index contributed by atoms with van der Waals surface area (Å²) < 4.78 is 37.5. The molecule has 1 atom stereocenters. The molecule has 0 aliphatic heterocycles. The molecule has 0 fully saturated rings. The van der Waals surface area contributed by atoms with Crippen molar-refractivity contribution in [3.63, 3.8) is 0 Å². The molecule has 9 heteroatoms. The highest BCUT2D eigenvalue weighted by molar-refractivity contribution is 7.92. The first-order valence-electron chi connectivity index (χ1n) is 10.4. The van der Waals surface area contributed by atoms with Crippen LogP contribution in [0.2, 0.25) is 5.02 Å². The van der Waals surface area contributed by atoms with Gasteiger partial charge in [-0.15, -0.1) is 0 Å². The van der Waals surface area contributed by atoms with Crippen LogP contribution >= 0.6 is 11.6 Å². The predicted molar refractivity (Wildman–Crippen MR) is 128 cm³/mol. The number of nitrogens with one attached hydrogen (secondary N) is 1. The molecule has 0 saturated carbocycles. The normalized spacial score (nSPS) is 12.3. The van der Waals surface area contributed by atoms with Gasteiger partial charge in [0.05, 0.1) is 25.6 Å². The highest BCUT2D eigenvalue weighted by Gasteiger charge is 2.33. The molecule has 7 nitrogen and oxygen atoms in total. The summed E-state index contributed by atoms with van der Waals surface area (Å²) in [6.07, 6.45) is 1.31. The molecule has 32 heavy (non-hydrogen) atoms. The number of sulfonamides is 1. The molecule has 1 N–H and O–H groups in total. The molecular weight excluding hydrogens is 452 g/mol. The van der Waals surface area contributed by atoms with Crippen molar-refractivity contribution >= 4 is 33.2 Å². The van der Waals surface area contributed by atoms with Crippen molar-refractivity contribution in [2.24, 2.45) is 0 Å². The molecule has 2 aromatic rings. The van der Waals surface area contributed by atoms with E-state index >= 15 is 0 Å². The van der Waals surface area contributed by atoms with Crippen LogP contribution in [0.5, 0.6) is 11.5 Å². The zero-order chi connectivity index (χ0) is 23.9. The molecule has 0 aliphatic rings. The van der Waals surface area contributed by atoms with Crippen molar-refractivity contribution in [3.8, 4) is 11.5 Å². The summed E-state index contributed by atoms with van der Waals surface area (Å²) >= 11 is 6.10. The standard InChI is InChI=1S/C23H31ClN2O5S/c1-6-19(26(32(5,28)29)20-15-17(24)11-12-22(20)30-4)23(27)25-13-14-31-21-10-8-7-9-18(21)16(2)3/h7-12,15-16,19H,6,13-14H2,1-5H3,(H,25,27)/t19-/m1/s1. The van der Waals surface area contributed by atoms with Gasteiger partial charge >= 0.3 is 0 Å². The Labute approximate surface area is 195 Å². The largest absolute Gasteiger partial charge is 0.495 e. The van der Waals surface area contributed by atoms with E-state index in [4.69, 9.17) is 21.1 Å². The lowest BCUT2D eigenvalue weighted by molar-refractivity contribution is -0.122. The van der Waals surface area contributed by atoms with Crippen molar-refractivity contribution in [1.82, 2.24) is 5.32 Å². The number of anilines is 1. The zero-order valence-electron chi connectivity index (χ0n) is 19.1. The Morgan fingerprint density at radius 1 is 1.16 bits per heavy atom. The van der Waals surface area contributed by atoms with Crippen LogP contribution in [0.3, 0.4) is 0 Å². The van der Waals surface area contributed by atoms with E-state index in [0.717, 1.165) is 21.9 Å². The maximum atomic E-state index is 13.0. The number of hydrogen-bond donors (Lipinski definition) is 1. The number of carbonyl (C=O) groups is 1. The lowest BCUT2D eigenvalue weighted by Gasteiger charge is -2.31. The van der Waals surface area contributed by atoms with E-state index in [0.29, 0.717) is 16.7 Å². The van der Waals surface area contributed by atoms with Gasteiger partial charge in [0.25, 0.3) is 0 Å². The molecule has 1 amide bonds. The van der Waals surface area contributed by atoms with Crippen molar-refractivity contribution in [2.45, 2.75) is 39.2 Å². The number of methoxy groups -OCH3 is 1. The van der Waals surface area contributed by atoms with E-state index in [2.05, 4.69) is 19.2 Å². The van der Waals surface area contributed by atoms with E-state index in [1.807, 2.05) is 24.3 Å². The van der Waals surface area contributed by atoms with Crippen LogP contribution in [-0.2, 0) is 14.8 Å². The molecule has 0 saturated heterocycles. The molecule has 2 aromatic carbocycles. The van der Waals surface area contributed by atoms with Crippen LogP contribution in [0, 0.1) is 0 Å². The molecular formula is C23H31ClN2O5S. The number of benzene rings is 2. The maximum absolute atomic E-state index is 13.0. The lowest BCUT2D eigenvalue weighted by atomic mass is 10.0. The van der Waals surface area contributed by atoms with Gasteiger partial charge < -0.3 is 14.8 Å². The molecule has 0 bridgehead atoms. The summed E-state index contributed by atoms with van der Waals surface area (Å²) in [5.41, 5.74) is 1.30. The third kappa shape index (κ3) is 6.53. The molecule has 0 aromatic heterocycles. The Bertz CT molecular complexity index is 1030. The quantitative estimate of drug-likeness (QED) is 0.485. The molecule has 0 aliphatic carbocycles. The average molecular weight is 483 g/mol. The topological polar surface area (TPSA) is 84.9 Å². The second-order valence-corrected chi connectivity index (χ2v) is 9.93. The summed E-state index contributed by atoms with van der Waals surface area (Å²) in [6.45, 7) is 6.39. The van der Waals surface area contributed by atoms with Crippen LogP contribution in [0.1, 0.15) is 38.7 Å². The Morgan fingerprint density at radius 3 is 2.44 bits per heavy atom. The monoisotopic (exact) mass is 482 g/mol. The van der Waals surface area contributed by atoms with Gasteiger partial charge in [0.2, 0.25) is 15.9 Å². The Morgan fingerprint density at radius 2 is 1.84 bits per heavy atom. The van der Waals surface area contributed by atoms with Crippen LogP contribution < -0.4 is 19.1 Å².